The van der Waals surface area contributed by atoms with Crippen molar-refractivity contribution in [3.8, 4) is 0 Å². The third-order valence-electron chi connectivity index (χ3n) is 3.40. The standard InChI is InChI=1S/C15H30O4S/c1-2-3-13-20(18,19)14-11-9-7-5-4-6-8-10-12-15(16)17/h2-14H2,1H3,(H,16,17). The number of aliphatic carboxylic acids is 1. The molecule has 0 amide bonds. The lowest BCUT2D eigenvalue weighted by Gasteiger charge is -2.04. The molecule has 0 rings (SSSR count). The van der Waals surface area contributed by atoms with E-state index in [0.717, 1.165) is 64.2 Å². The van der Waals surface area contributed by atoms with Crippen molar-refractivity contribution < 1.29 is 18.3 Å². The number of sulfone groups is 1. The van der Waals surface area contributed by atoms with Crippen LogP contribution in [0.15, 0.2) is 0 Å². The van der Waals surface area contributed by atoms with Crippen LogP contribution in [-0.2, 0) is 14.6 Å². The van der Waals surface area contributed by atoms with Gasteiger partial charge in [0.25, 0.3) is 0 Å². The van der Waals surface area contributed by atoms with Crippen molar-refractivity contribution >= 4 is 15.8 Å². The molecule has 0 saturated carbocycles. The Morgan fingerprint density at radius 1 is 0.800 bits per heavy atom. The van der Waals surface area contributed by atoms with Crippen LogP contribution < -0.4 is 0 Å². The molecule has 4 nitrogen and oxygen atoms in total. The minimum Gasteiger partial charge on any atom is -0.481 e. The molecule has 0 heterocycles. The van der Waals surface area contributed by atoms with Crippen LogP contribution in [0.2, 0.25) is 0 Å². The highest BCUT2D eigenvalue weighted by atomic mass is 32.2. The molecule has 120 valence electrons. The fourth-order valence-corrected chi connectivity index (χ4v) is 3.70. The predicted octanol–water partition coefficient (Wildman–Crippen LogP) is 3.80. The second kappa shape index (κ2) is 12.2. The lowest BCUT2D eigenvalue weighted by atomic mass is 10.1. The zero-order chi connectivity index (χ0) is 15.3. The molecule has 20 heavy (non-hydrogen) atoms. The fraction of sp³-hybridized carbons (Fsp3) is 0.933. The summed E-state index contributed by atoms with van der Waals surface area (Å²) in [6, 6.07) is 0. The maximum atomic E-state index is 11.6. The Morgan fingerprint density at radius 3 is 1.75 bits per heavy atom. The van der Waals surface area contributed by atoms with Crippen molar-refractivity contribution in [3.05, 3.63) is 0 Å². The highest BCUT2D eigenvalue weighted by molar-refractivity contribution is 7.91. The first kappa shape index (κ1) is 19.4. The molecule has 0 radical (unpaired) electrons. The van der Waals surface area contributed by atoms with Crippen LogP contribution in [0.3, 0.4) is 0 Å². The van der Waals surface area contributed by atoms with Crippen molar-refractivity contribution in [2.75, 3.05) is 11.5 Å². The third kappa shape index (κ3) is 13.8. The van der Waals surface area contributed by atoms with Gasteiger partial charge in [-0.3, -0.25) is 4.79 Å². The van der Waals surface area contributed by atoms with Gasteiger partial charge in [-0.05, 0) is 19.3 Å². The lowest BCUT2D eigenvalue weighted by molar-refractivity contribution is -0.137. The summed E-state index contributed by atoms with van der Waals surface area (Å²) >= 11 is 0. The summed E-state index contributed by atoms with van der Waals surface area (Å²) in [6.07, 6.45) is 9.93. The van der Waals surface area contributed by atoms with Gasteiger partial charge in [-0.25, -0.2) is 8.42 Å². The Labute approximate surface area is 123 Å². The van der Waals surface area contributed by atoms with Crippen molar-refractivity contribution in [2.24, 2.45) is 0 Å². The van der Waals surface area contributed by atoms with Gasteiger partial charge < -0.3 is 5.11 Å². The Hall–Kier alpha value is -0.580. The van der Waals surface area contributed by atoms with Gasteiger partial charge in [0.1, 0.15) is 9.84 Å². The molecule has 0 atom stereocenters. The number of carboxylic acids is 1. The minimum absolute atomic E-state index is 0.273. The topological polar surface area (TPSA) is 71.4 Å². The van der Waals surface area contributed by atoms with Gasteiger partial charge in [-0.1, -0.05) is 51.9 Å². The number of carboxylic acid groups (broad SMARTS) is 1. The van der Waals surface area contributed by atoms with E-state index in [9.17, 15) is 13.2 Å². The molecule has 0 bridgehead atoms. The molecular weight excluding hydrogens is 276 g/mol. The molecule has 0 saturated heterocycles. The summed E-state index contributed by atoms with van der Waals surface area (Å²) in [5, 5.41) is 8.48. The summed E-state index contributed by atoms with van der Waals surface area (Å²) < 4.78 is 23.2. The first-order valence-electron chi connectivity index (χ1n) is 7.90. The van der Waals surface area contributed by atoms with Gasteiger partial charge in [0.15, 0.2) is 0 Å². The SMILES string of the molecule is CCCCS(=O)(=O)CCCCCCCCCCC(=O)O. The molecule has 0 fully saturated rings. The maximum absolute atomic E-state index is 11.6. The molecule has 0 aliphatic heterocycles. The van der Waals surface area contributed by atoms with Crippen molar-refractivity contribution in [1.29, 1.82) is 0 Å². The van der Waals surface area contributed by atoms with E-state index in [1.807, 2.05) is 6.92 Å². The summed E-state index contributed by atoms with van der Waals surface area (Å²) in [6.45, 7) is 2.01. The van der Waals surface area contributed by atoms with E-state index in [4.69, 9.17) is 5.11 Å². The average molecular weight is 306 g/mol. The Kier molecular flexibility index (Phi) is 11.8. The normalized spacial score (nSPS) is 11.7. The number of rotatable bonds is 14. The van der Waals surface area contributed by atoms with Gasteiger partial charge in [-0.15, -0.1) is 0 Å². The second-order valence-electron chi connectivity index (χ2n) is 5.48. The van der Waals surface area contributed by atoms with Crippen LogP contribution in [0.4, 0.5) is 0 Å². The van der Waals surface area contributed by atoms with Crippen LogP contribution in [-0.4, -0.2) is 31.0 Å². The number of unbranched alkanes of at least 4 members (excludes halogenated alkanes) is 8. The van der Waals surface area contributed by atoms with Gasteiger partial charge >= 0.3 is 5.97 Å². The zero-order valence-electron chi connectivity index (χ0n) is 12.8. The zero-order valence-corrected chi connectivity index (χ0v) is 13.6. The largest absolute Gasteiger partial charge is 0.481 e. The molecule has 0 aliphatic rings. The first-order chi connectivity index (χ1) is 9.48. The minimum atomic E-state index is -2.81. The van der Waals surface area contributed by atoms with Crippen LogP contribution in [0.25, 0.3) is 0 Å². The summed E-state index contributed by atoms with van der Waals surface area (Å²) in [5.74, 6) is -0.0344. The Balaban J connectivity index is 3.30. The molecular formula is C15H30O4S. The fourth-order valence-electron chi connectivity index (χ4n) is 2.13. The van der Waals surface area contributed by atoms with Crippen molar-refractivity contribution in [3.63, 3.8) is 0 Å². The highest BCUT2D eigenvalue weighted by Gasteiger charge is 2.08. The predicted molar refractivity (Wildman–Crippen MR) is 82.8 cm³/mol. The Bertz CT molecular complexity index is 336. The monoisotopic (exact) mass is 306 g/mol. The van der Waals surface area contributed by atoms with E-state index in [1.54, 1.807) is 0 Å². The summed E-state index contributed by atoms with van der Waals surface area (Å²) in [5.41, 5.74) is 0. The van der Waals surface area contributed by atoms with Gasteiger partial charge in [0.2, 0.25) is 0 Å². The van der Waals surface area contributed by atoms with E-state index in [-0.39, 0.29) is 6.42 Å². The molecule has 0 aromatic carbocycles. The highest BCUT2D eigenvalue weighted by Crippen LogP contribution is 2.10. The third-order valence-corrected chi connectivity index (χ3v) is 5.23. The molecule has 0 aromatic heterocycles. The maximum Gasteiger partial charge on any atom is 0.303 e. The quantitative estimate of drug-likeness (QED) is 0.495. The van der Waals surface area contributed by atoms with E-state index >= 15 is 0 Å². The van der Waals surface area contributed by atoms with Crippen LogP contribution in [0.5, 0.6) is 0 Å². The molecule has 5 heteroatoms. The van der Waals surface area contributed by atoms with Gasteiger partial charge in [0, 0.05) is 6.42 Å². The lowest BCUT2D eigenvalue weighted by Crippen LogP contribution is -2.10. The van der Waals surface area contributed by atoms with E-state index < -0.39 is 15.8 Å². The number of hydrogen-bond acceptors (Lipinski definition) is 3. The molecule has 0 unspecified atom stereocenters. The number of hydrogen-bond donors (Lipinski definition) is 1. The average Bonchev–Trinajstić information content (AvgIpc) is 2.38. The first-order valence-corrected chi connectivity index (χ1v) is 9.72. The van der Waals surface area contributed by atoms with Crippen LogP contribution >= 0.6 is 0 Å². The molecule has 1 N–H and O–H groups in total. The molecule has 0 aliphatic carbocycles. The number of carbonyl (C=O) groups is 1. The van der Waals surface area contributed by atoms with Gasteiger partial charge in [-0.2, -0.15) is 0 Å². The van der Waals surface area contributed by atoms with Crippen LogP contribution in [0.1, 0.15) is 77.6 Å². The summed E-state index contributed by atoms with van der Waals surface area (Å²) in [4.78, 5) is 10.3. The van der Waals surface area contributed by atoms with Gasteiger partial charge in [0.05, 0.1) is 11.5 Å². The van der Waals surface area contributed by atoms with E-state index in [2.05, 4.69) is 0 Å². The van der Waals surface area contributed by atoms with E-state index in [1.165, 1.54) is 0 Å². The van der Waals surface area contributed by atoms with Crippen molar-refractivity contribution in [1.82, 2.24) is 0 Å². The van der Waals surface area contributed by atoms with E-state index in [0.29, 0.717) is 11.5 Å². The summed E-state index contributed by atoms with van der Waals surface area (Å²) in [7, 11) is -2.81. The molecule has 0 spiro atoms. The Morgan fingerprint density at radius 2 is 1.25 bits per heavy atom. The molecule has 0 aromatic rings. The second-order valence-corrected chi connectivity index (χ2v) is 7.78. The van der Waals surface area contributed by atoms with Crippen molar-refractivity contribution in [2.45, 2.75) is 77.6 Å². The van der Waals surface area contributed by atoms with Crippen LogP contribution in [0, 0.1) is 0 Å². The smallest absolute Gasteiger partial charge is 0.303 e.